The predicted molar refractivity (Wildman–Crippen MR) is 149 cm³/mol. The fourth-order valence-electron chi connectivity index (χ4n) is 5.90. The van der Waals surface area contributed by atoms with E-state index in [2.05, 4.69) is 27.3 Å². The molecule has 0 N–H and O–H groups in total. The van der Waals surface area contributed by atoms with Crippen LogP contribution < -0.4 is 14.2 Å². The number of likely N-dealkylation sites (tertiary alicyclic amines) is 1. The van der Waals surface area contributed by atoms with Gasteiger partial charge in [-0.3, -0.25) is 4.79 Å². The lowest BCUT2D eigenvalue weighted by atomic mass is 9.96. The second-order valence-electron chi connectivity index (χ2n) is 10.3. The monoisotopic (exact) mass is 522 g/mol. The van der Waals surface area contributed by atoms with E-state index in [0.29, 0.717) is 18.1 Å². The first kappa shape index (κ1) is 25.9. The zero-order valence-electron chi connectivity index (χ0n) is 22.3. The van der Waals surface area contributed by atoms with Crippen molar-refractivity contribution in [2.75, 3.05) is 54.1 Å². The van der Waals surface area contributed by atoms with Crippen LogP contribution in [0.15, 0.2) is 35.7 Å². The van der Waals surface area contributed by atoms with Gasteiger partial charge in [-0.15, -0.1) is 11.3 Å². The van der Waals surface area contributed by atoms with Crippen molar-refractivity contribution in [1.29, 1.82) is 0 Å². The van der Waals surface area contributed by atoms with Gasteiger partial charge in [0.1, 0.15) is 5.75 Å². The molecule has 1 unspecified atom stereocenters. The Morgan fingerprint density at radius 1 is 1.00 bits per heavy atom. The fraction of sp³-hybridized carbons (Fsp3) is 0.500. The smallest absolute Gasteiger partial charge is 0.227 e. The number of methoxy groups -OCH3 is 3. The van der Waals surface area contributed by atoms with E-state index in [1.807, 2.05) is 29.5 Å². The number of aryl methyl sites for hydroxylation is 1. The summed E-state index contributed by atoms with van der Waals surface area (Å²) in [4.78, 5) is 17.9. The highest BCUT2D eigenvalue weighted by Crippen LogP contribution is 2.33. The summed E-state index contributed by atoms with van der Waals surface area (Å²) in [5, 5.41) is 3.63. The Bertz CT molecular complexity index is 1240. The van der Waals surface area contributed by atoms with Crippen molar-refractivity contribution >= 4 is 27.3 Å². The third kappa shape index (κ3) is 5.88. The number of rotatable bonds is 9. The van der Waals surface area contributed by atoms with Crippen molar-refractivity contribution in [3.63, 3.8) is 0 Å². The summed E-state index contributed by atoms with van der Waals surface area (Å²) in [6.45, 7) is 4.97. The highest BCUT2D eigenvalue weighted by atomic mass is 32.1. The standard InChI is InChI=1S/C30H38N2O4S/c1-34-25-8-9-29-26(17-25)23(20-37-29)7-5-12-31-11-4-6-21(18-31)19-32-13-10-22-14-27(35-2)28(36-3)15-24(22)16-30(32)33/h8-9,14-15,17,20-21H,4-7,10-13,16,18-19H2,1-3H3. The molecule has 0 saturated carbocycles. The van der Waals surface area contributed by atoms with E-state index in [-0.39, 0.29) is 5.91 Å². The molecule has 3 heterocycles. The molecular weight excluding hydrogens is 484 g/mol. The summed E-state index contributed by atoms with van der Waals surface area (Å²) in [5.74, 6) is 3.12. The Morgan fingerprint density at radius 2 is 1.81 bits per heavy atom. The molecule has 0 bridgehead atoms. The highest BCUT2D eigenvalue weighted by Gasteiger charge is 2.27. The number of amides is 1. The zero-order valence-corrected chi connectivity index (χ0v) is 23.1. The van der Waals surface area contributed by atoms with Gasteiger partial charge in [-0.05, 0) is 109 Å². The van der Waals surface area contributed by atoms with Gasteiger partial charge in [-0.2, -0.15) is 0 Å². The quantitative estimate of drug-likeness (QED) is 0.387. The van der Waals surface area contributed by atoms with Crippen LogP contribution in [0.3, 0.4) is 0 Å². The Morgan fingerprint density at radius 3 is 2.59 bits per heavy atom. The molecule has 1 atom stereocenters. The van der Waals surface area contributed by atoms with E-state index < -0.39 is 0 Å². The number of benzene rings is 2. The molecule has 6 nitrogen and oxygen atoms in total. The van der Waals surface area contributed by atoms with Crippen molar-refractivity contribution in [3.8, 4) is 17.2 Å². The minimum Gasteiger partial charge on any atom is -0.497 e. The molecule has 5 rings (SSSR count). The summed E-state index contributed by atoms with van der Waals surface area (Å²) < 4.78 is 17.7. The Hall–Kier alpha value is -2.77. The van der Waals surface area contributed by atoms with Crippen molar-refractivity contribution in [2.24, 2.45) is 5.92 Å². The van der Waals surface area contributed by atoms with E-state index in [0.717, 1.165) is 69.0 Å². The maximum absolute atomic E-state index is 13.2. The average Bonchev–Trinajstić information content (AvgIpc) is 3.26. The summed E-state index contributed by atoms with van der Waals surface area (Å²) in [6.07, 6.45) is 5.94. The second kappa shape index (κ2) is 11.7. The number of carbonyl (C=O) groups excluding carboxylic acids is 1. The normalized spacial score (nSPS) is 18.5. The highest BCUT2D eigenvalue weighted by molar-refractivity contribution is 7.17. The number of thiophene rings is 1. The number of hydrogen-bond donors (Lipinski definition) is 0. The molecule has 1 aromatic heterocycles. The van der Waals surface area contributed by atoms with Gasteiger partial charge in [0.15, 0.2) is 11.5 Å². The van der Waals surface area contributed by atoms with Crippen LogP contribution in [0, 0.1) is 5.92 Å². The van der Waals surface area contributed by atoms with Crippen molar-refractivity contribution < 1.29 is 19.0 Å². The van der Waals surface area contributed by atoms with E-state index in [1.54, 1.807) is 21.3 Å². The first-order valence-electron chi connectivity index (χ1n) is 13.4. The molecule has 0 spiro atoms. The van der Waals surface area contributed by atoms with Gasteiger partial charge in [-0.25, -0.2) is 0 Å². The first-order valence-corrected chi connectivity index (χ1v) is 14.2. The van der Waals surface area contributed by atoms with Gasteiger partial charge < -0.3 is 24.0 Å². The van der Waals surface area contributed by atoms with Gasteiger partial charge in [0, 0.05) is 24.3 Å². The Balaban J connectivity index is 1.15. The third-order valence-electron chi connectivity index (χ3n) is 7.91. The maximum Gasteiger partial charge on any atom is 0.227 e. The van der Waals surface area contributed by atoms with Gasteiger partial charge in [0.25, 0.3) is 0 Å². The minimum absolute atomic E-state index is 0.225. The fourth-order valence-corrected chi connectivity index (χ4v) is 6.88. The molecule has 0 radical (unpaired) electrons. The molecule has 37 heavy (non-hydrogen) atoms. The summed E-state index contributed by atoms with van der Waals surface area (Å²) in [6, 6.07) is 10.4. The predicted octanol–water partition coefficient (Wildman–Crippen LogP) is 5.20. The lowest BCUT2D eigenvalue weighted by Crippen LogP contribution is -2.43. The zero-order chi connectivity index (χ0) is 25.8. The van der Waals surface area contributed by atoms with Crippen LogP contribution in [0.5, 0.6) is 17.2 Å². The molecule has 2 aromatic carbocycles. The van der Waals surface area contributed by atoms with Crippen molar-refractivity contribution in [3.05, 3.63) is 52.4 Å². The second-order valence-corrected chi connectivity index (χ2v) is 11.2. The molecule has 3 aromatic rings. The summed E-state index contributed by atoms with van der Waals surface area (Å²) in [7, 11) is 5.03. The van der Waals surface area contributed by atoms with Crippen LogP contribution in [-0.2, 0) is 24.1 Å². The van der Waals surface area contributed by atoms with Crippen LogP contribution in [-0.4, -0.2) is 69.8 Å². The van der Waals surface area contributed by atoms with Gasteiger partial charge in [0.05, 0.1) is 27.8 Å². The van der Waals surface area contributed by atoms with Crippen molar-refractivity contribution in [1.82, 2.24) is 9.80 Å². The molecule has 2 aliphatic heterocycles. The van der Waals surface area contributed by atoms with Crippen molar-refractivity contribution in [2.45, 2.75) is 38.5 Å². The van der Waals surface area contributed by atoms with E-state index >= 15 is 0 Å². The number of fused-ring (bicyclic) bond motifs is 2. The third-order valence-corrected chi connectivity index (χ3v) is 8.93. The first-order chi connectivity index (χ1) is 18.1. The van der Waals surface area contributed by atoms with Crippen LogP contribution in [0.4, 0.5) is 0 Å². The number of nitrogens with zero attached hydrogens (tertiary/aromatic N) is 2. The molecule has 1 amide bonds. The maximum atomic E-state index is 13.2. The molecule has 2 aliphatic rings. The Kier molecular flexibility index (Phi) is 8.20. The van der Waals surface area contributed by atoms with Gasteiger partial charge >= 0.3 is 0 Å². The van der Waals surface area contributed by atoms with Crippen LogP contribution in [0.2, 0.25) is 0 Å². The molecular formula is C30H38N2O4S. The Labute approximate surface area is 224 Å². The summed E-state index contributed by atoms with van der Waals surface area (Å²) >= 11 is 1.82. The number of ether oxygens (including phenoxy) is 3. The van der Waals surface area contributed by atoms with Crippen LogP contribution in [0.25, 0.3) is 10.1 Å². The number of carbonyl (C=O) groups is 1. The molecule has 0 aliphatic carbocycles. The van der Waals surface area contributed by atoms with Gasteiger partial charge in [-0.1, -0.05) is 0 Å². The largest absolute Gasteiger partial charge is 0.497 e. The molecule has 7 heteroatoms. The lowest BCUT2D eigenvalue weighted by molar-refractivity contribution is -0.131. The molecule has 1 fully saturated rings. The average molecular weight is 523 g/mol. The number of piperidine rings is 1. The summed E-state index contributed by atoms with van der Waals surface area (Å²) in [5.41, 5.74) is 3.68. The van der Waals surface area contributed by atoms with Crippen LogP contribution in [0.1, 0.15) is 36.0 Å². The number of hydrogen-bond acceptors (Lipinski definition) is 6. The van der Waals surface area contributed by atoms with E-state index in [9.17, 15) is 4.79 Å². The van der Waals surface area contributed by atoms with E-state index in [4.69, 9.17) is 14.2 Å². The SMILES string of the molecule is COc1ccc2scc(CCCN3CCCC(CN4CCc5cc(OC)c(OC)cc5CC4=O)C3)c2c1. The van der Waals surface area contributed by atoms with Crippen LogP contribution >= 0.6 is 11.3 Å². The van der Waals surface area contributed by atoms with E-state index in [1.165, 1.54) is 34.1 Å². The molecule has 198 valence electrons. The molecule has 1 saturated heterocycles. The lowest BCUT2D eigenvalue weighted by Gasteiger charge is -2.35. The minimum atomic E-state index is 0.225. The topological polar surface area (TPSA) is 51.2 Å². The van der Waals surface area contributed by atoms with Gasteiger partial charge in [0.2, 0.25) is 5.91 Å².